The number of carbonyl (C=O) groups excluding carboxylic acids is 2. The maximum absolute atomic E-state index is 14.1. The topological polar surface area (TPSA) is 84.7 Å². The first-order valence-corrected chi connectivity index (χ1v) is 12.8. The van der Waals surface area contributed by atoms with Crippen LogP contribution >= 0.6 is 0 Å². The summed E-state index contributed by atoms with van der Waals surface area (Å²) in [7, 11) is 0. The van der Waals surface area contributed by atoms with E-state index < -0.39 is 5.85 Å². The molecule has 3 N–H and O–H groups in total. The van der Waals surface area contributed by atoms with Gasteiger partial charge < -0.3 is 15.8 Å². The number of carbonyl (C=O) groups is 2. The molecule has 3 aromatic carbocycles. The highest BCUT2D eigenvalue weighted by Gasteiger charge is 2.45. The van der Waals surface area contributed by atoms with Crippen molar-refractivity contribution in [3.63, 3.8) is 0 Å². The first-order valence-electron chi connectivity index (χ1n) is 12.8. The number of nitrogens with zero attached hydrogens (tertiary/aromatic N) is 1. The fourth-order valence-corrected chi connectivity index (χ4v) is 4.72. The number of nitrogens with two attached hydrogens (primary N) is 1. The molecule has 6 heteroatoms. The number of fused-ring (bicyclic) bond motifs is 1. The summed E-state index contributed by atoms with van der Waals surface area (Å²) in [6, 6.07) is 26.1. The molecule has 1 heterocycles. The lowest BCUT2D eigenvalue weighted by atomic mass is 10.1. The highest BCUT2D eigenvalue weighted by Crippen LogP contribution is 2.37. The van der Waals surface area contributed by atoms with E-state index in [1.807, 2.05) is 60.7 Å². The van der Waals surface area contributed by atoms with Gasteiger partial charge in [0.05, 0.1) is 12.3 Å². The molecule has 0 bridgehead atoms. The fourth-order valence-electron chi connectivity index (χ4n) is 4.72. The molecule has 0 aliphatic carbocycles. The average molecular weight is 486 g/mol. The standard InChI is InChI=1S/C30H35N3O3/c31-22-11-1-2-12-23-36-30(32-28(34)25-15-5-3-6-16-25)21-13-19-24-14-9-10-20-27(24)33(30)29(35)26-17-7-4-8-18-26/h3-10,14-18,20H,1-2,11-13,19,21-23,31H2,(H,32,34). The fraction of sp³-hybridized carbons (Fsp3) is 0.333. The third-order valence-electron chi connectivity index (χ3n) is 6.56. The maximum Gasteiger partial charge on any atom is 0.262 e. The summed E-state index contributed by atoms with van der Waals surface area (Å²) in [6.07, 6.45) is 5.82. The van der Waals surface area contributed by atoms with E-state index in [0.29, 0.717) is 30.7 Å². The lowest BCUT2D eigenvalue weighted by Crippen LogP contribution is -2.64. The minimum Gasteiger partial charge on any atom is -0.338 e. The van der Waals surface area contributed by atoms with Gasteiger partial charge in [-0.3, -0.25) is 14.5 Å². The lowest BCUT2D eigenvalue weighted by Gasteiger charge is -2.43. The van der Waals surface area contributed by atoms with Crippen LogP contribution in [-0.2, 0) is 11.2 Å². The summed E-state index contributed by atoms with van der Waals surface area (Å²) in [5, 5.41) is 3.16. The summed E-state index contributed by atoms with van der Waals surface area (Å²) in [5.74, 6) is -1.80. The van der Waals surface area contributed by atoms with Crippen molar-refractivity contribution in [3.8, 4) is 0 Å². The van der Waals surface area contributed by atoms with Crippen molar-refractivity contribution in [2.24, 2.45) is 5.73 Å². The van der Waals surface area contributed by atoms with E-state index in [4.69, 9.17) is 10.5 Å². The maximum atomic E-state index is 14.1. The second-order valence-electron chi connectivity index (χ2n) is 9.14. The number of hydrogen-bond donors (Lipinski definition) is 2. The van der Waals surface area contributed by atoms with Gasteiger partial charge in [0, 0.05) is 17.5 Å². The Bertz CT molecular complexity index is 1140. The van der Waals surface area contributed by atoms with Gasteiger partial charge in [-0.1, -0.05) is 67.4 Å². The highest BCUT2D eigenvalue weighted by atomic mass is 16.5. The number of unbranched alkanes of at least 4 members (excludes halogenated alkanes) is 3. The third kappa shape index (κ3) is 6.01. The van der Waals surface area contributed by atoms with Crippen molar-refractivity contribution < 1.29 is 14.3 Å². The summed E-state index contributed by atoms with van der Waals surface area (Å²) >= 11 is 0. The molecule has 1 unspecified atom stereocenters. The molecule has 1 aliphatic heterocycles. The van der Waals surface area contributed by atoms with Crippen molar-refractivity contribution >= 4 is 17.5 Å². The van der Waals surface area contributed by atoms with Crippen LogP contribution in [0.15, 0.2) is 84.9 Å². The monoisotopic (exact) mass is 485 g/mol. The molecule has 0 spiro atoms. The number of aryl methyl sites for hydroxylation is 1. The number of anilines is 1. The number of hydrogen-bond acceptors (Lipinski definition) is 4. The smallest absolute Gasteiger partial charge is 0.262 e. The van der Waals surface area contributed by atoms with Gasteiger partial charge in [-0.25, -0.2) is 0 Å². The van der Waals surface area contributed by atoms with Crippen molar-refractivity contribution in [3.05, 3.63) is 102 Å². The van der Waals surface area contributed by atoms with Gasteiger partial charge >= 0.3 is 0 Å². The van der Waals surface area contributed by atoms with Gasteiger partial charge in [-0.15, -0.1) is 0 Å². The largest absolute Gasteiger partial charge is 0.338 e. The van der Waals surface area contributed by atoms with Gasteiger partial charge in [0.1, 0.15) is 0 Å². The third-order valence-corrected chi connectivity index (χ3v) is 6.56. The molecule has 0 aromatic heterocycles. The zero-order valence-corrected chi connectivity index (χ0v) is 20.7. The lowest BCUT2D eigenvalue weighted by molar-refractivity contribution is -0.0684. The van der Waals surface area contributed by atoms with E-state index in [9.17, 15) is 9.59 Å². The average Bonchev–Trinajstić information content (AvgIpc) is 3.08. The Morgan fingerprint density at radius 3 is 2.19 bits per heavy atom. The van der Waals surface area contributed by atoms with Crippen LogP contribution in [0, 0.1) is 0 Å². The molecule has 3 aromatic rings. The summed E-state index contributed by atoms with van der Waals surface area (Å²) in [5.41, 5.74) is 8.52. The van der Waals surface area contributed by atoms with Gasteiger partial charge in [0.2, 0.25) is 5.85 Å². The predicted octanol–water partition coefficient (Wildman–Crippen LogP) is 5.29. The molecular weight excluding hydrogens is 450 g/mol. The zero-order valence-electron chi connectivity index (χ0n) is 20.7. The Labute approximate surface area is 213 Å². The number of ether oxygens (including phenoxy) is 1. The molecule has 4 rings (SSSR count). The molecule has 0 saturated heterocycles. The van der Waals surface area contributed by atoms with Crippen molar-refractivity contribution in [1.82, 2.24) is 5.32 Å². The number of benzene rings is 3. The minimum atomic E-state index is -1.32. The first-order chi connectivity index (χ1) is 17.6. The highest BCUT2D eigenvalue weighted by molar-refractivity contribution is 6.08. The van der Waals surface area contributed by atoms with Crippen LogP contribution in [0.4, 0.5) is 5.69 Å². The van der Waals surface area contributed by atoms with Crippen LogP contribution in [0.25, 0.3) is 0 Å². The molecule has 0 fully saturated rings. The van der Waals surface area contributed by atoms with E-state index >= 15 is 0 Å². The number of rotatable bonds is 10. The van der Waals surface area contributed by atoms with Crippen LogP contribution in [0.2, 0.25) is 0 Å². The molecule has 188 valence electrons. The van der Waals surface area contributed by atoms with Crippen LogP contribution in [0.1, 0.15) is 64.8 Å². The van der Waals surface area contributed by atoms with Crippen molar-refractivity contribution in [2.75, 3.05) is 18.1 Å². The van der Waals surface area contributed by atoms with Crippen LogP contribution in [0.5, 0.6) is 0 Å². The number of para-hydroxylation sites is 1. The minimum absolute atomic E-state index is 0.207. The Morgan fingerprint density at radius 1 is 0.833 bits per heavy atom. The zero-order chi connectivity index (χ0) is 25.2. The van der Waals surface area contributed by atoms with Gasteiger partial charge in [0.25, 0.3) is 11.8 Å². The van der Waals surface area contributed by atoms with E-state index in [-0.39, 0.29) is 11.8 Å². The Hall–Kier alpha value is -3.48. The van der Waals surface area contributed by atoms with E-state index in [1.54, 1.807) is 29.2 Å². The van der Waals surface area contributed by atoms with Gasteiger partial charge in [0.15, 0.2) is 0 Å². The normalized spacial score (nSPS) is 17.2. The molecule has 0 saturated carbocycles. The second-order valence-corrected chi connectivity index (χ2v) is 9.14. The summed E-state index contributed by atoms with van der Waals surface area (Å²) in [6.45, 7) is 1.09. The van der Waals surface area contributed by atoms with Crippen molar-refractivity contribution in [2.45, 2.75) is 50.8 Å². The molecule has 2 amide bonds. The van der Waals surface area contributed by atoms with Crippen LogP contribution in [-0.4, -0.2) is 30.8 Å². The molecular formula is C30H35N3O3. The molecule has 6 nitrogen and oxygen atoms in total. The number of amides is 2. The van der Waals surface area contributed by atoms with Gasteiger partial charge in [-0.05, 0) is 68.1 Å². The summed E-state index contributed by atoms with van der Waals surface area (Å²) in [4.78, 5) is 29.3. The van der Waals surface area contributed by atoms with E-state index in [2.05, 4.69) is 5.32 Å². The molecule has 36 heavy (non-hydrogen) atoms. The van der Waals surface area contributed by atoms with Gasteiger partial charge in [-0.2, -0.15) is 0 Å². The quantitative estimate of drug-likeness (QED) is 0.302. The molecule has 1 aliphatic rings. The number of nitrogens with one attached hydrogen (secondary N) is 1. The van der Waals surface area contributed by atoms with Crippen molar-refractivity contribution in [1.29, 1.82) is 0 Å². The van der Waals surface area contributed by atoms with Crippen LogP contribution in [0.3, 0.4) is 0 Å². The second kappa shape index (κ2) is 12.5. The Balaban J connectivity index is 1.74. The van der Waals surface area contributed by atoms with E-state index in [1.165, 1.54) is 0 Å². The SMILES string of the molecule is NCCCCCCOC1(NC(=O)c2ccccc2)CCCc2ccccc2N1C(=O)c1ccccc1. The Kier molecular flexibility index (Phi) is 8.87. The van der Waals surface area contributed by atoms with E-state index in [0.717, 1.165) is 49.8 Å². The summed E-state index contributed by atoms with van der Waals surface area (Å²) < 4.78 is 6.58. The van der Waals surface area contributed by atoms with Crippen LogP contribution < -0.4 is 16.0 Å². The molecule has 0 radical (unpaired) electrons. The Morgan fingerprint density at radius 2 is 1.47 bits per heavy atom. The predicted molar refractivity (Wildman–Crippen MR) is 143 cm³/mol. The first kappa shape index (κ1) is 25.6. The molecule has 1 atom stereocenters.